The number of aliphatic hydroxyl groups excluding tert-OH is 1. The van der Waals surface area contributed by atoms with Crippen LogP contribution in [0.4, 0.5) is 0 Å². The van der Waals surface area contributed by atoms with Crippen LogP contribution in [0, 0.1) is 0 Å². The molecule has 0 aliphatic heterocycles. The number of hydrogen-bond donors (Lipinski definition) is 1. The van der Waals surface area contributed by atoms with Crippen LogP contribution in [0.1, 0.15) is 17.2 Å². The summed E-state index contributed by atoms with van der Waals surface area (Å²) in [5.74, 6) is 0.767. The molecule has 0 saturated heterocycles. The number of hydrogen-bond acceptors (Lipinski definition) is 2. The van der Waals surface area contributed by atoms with Gasteiger partial charge in [0.1, 0.15) is 5.75 Å². The molecule has 0 spiro atoms. The molecule has 2 aromatic rings. The molecule has 2 nitrogen and oxygen atoms in total. The van der Waals surface area contributed by atoms with Crippen molar-refractivity contribution in [1.29, 1.82) is 0 Å². The van der Waals surface area contributed by atoms with Crippen LogP contribution in [0.15, 0.2) is 45.3 Å². The normalized spacial score (nSPS) is 12.2. The third kappa shape index (κ3) is 3.76. The van der Waals surface area contributed by atoms with Crippen LogP contribution in [-0.2, 0) is 6.42 Å². The topological polar surface area (TPSA) is 29.5 Å². The number of ether oxygens (including phenoxy) is 1. The van der Waals surface area contributed by atoms with E-state index in [0.29, 0.717) is 17.0 Å². The average Bonchev–Trinajstić information content (AvgIpc) is 2.41. The number of aliphatic hydroxyl groups is 1. The summed E-state index contributed by atoms with van der Waals surface area (Å²) in [6.07, 6.45) is -0.168. The van der Waals surface area contributed by atoms with Crippen molar-refractivity contribution >= 4 is 43.5 Å². The Morgan fingerprint density at radius 3 is 2.60 bits per heavy atom. The fourth-order valence-corrected chi connectivity index (χ4v) is 3.15. The lowest BCUT2D eigenvalue weighted by atomic mass is 10.0. The minimum Gasteiger partial charge on any atom is -0.496 e. The number of methoxy groups -OCH3 is 1. The smallest absolute Gasteiger partial charge is 0.133 e. The van der Waals surface area contributed by atoms with Crippen LogP contribution in [0.5, 0.6) is 5.75 Å². The Hall–Kier alpha value is -0.550. The third-order valence-electron chi connectivity index (χ3n) is 2.96. The van der Waals surface area contributed by atoms with Crippen molar-refractivity contribution in [2.45, 2.75) is 12.5 Å². The first kappa shape index (κ1) is 15.8. The fourth-order valence-electron chi connectivity index (χ4n) is 1.94. The van der Waals surface area contributed by atoms with Gasteiger partial charge in [0.25, 0.3) is 0 Å². The van der Waals surface area contributed by atoms with Crippen molar-refractivity contribution in [3.8, 4) is 5.75 Å². The highest BCUT2D eigenvalue weighted by molar-refractivity contribution is 9.10. The van der Waals surface area contributed by atoms with Crippen molar-refractivity contribution in [3.05, 3.63) is 61.5 Å². The lowest BCUT2D eigenvalue weighted by Gasteiger charge is -2.14. The monoisotopic (exact) mass is 418 g/mol. The Morgan fingerprint density at radius 1 is 1.20 bits per heavy atom. The standard InChI is InChI=1S/C15H13Br2ClO2/c1-20-15-5-2-9(6-12(15)17)7-14(19)11-8-10(16)3-4-13(11)18/h2-6,8,14,19H,7H2,1H3. The second-order valence-electron chi connectivity index (χ2n) is 4.35. The first-order chi connectivity index (χ1) is 9.51. The molecule has 1 unspecified atom stereocenters. The fraction of sp³-hybridized carbons (Fsp3) is 0.200. The van der Waals surface area contributed by atoms with E-state index in [1.54, 1.807) is 13.2 Å². The first-order valence-electron chi connectivity index (χ1n) is 5.96. The summed E-state index contributed by atoms with van der Waals surface area (Å²) in [6, 6.07) is 11.2. The molecule has 0 saturated carbocycles. The summed E-state index contributed by atoms with van der Waals surface area (Å²) >= 11 is 13.0. The second kappa shape index (κ2) is 6.94. The van der Waals surface area contributed by atoms with Gasteiger partial charge in [-0.25, -0.2) is 0 Å². The number of halogens is 3. The minimum atomic E-state index is -0.653. The molecule has 0 radical (unpaired) electrons. The van der Waals surface area contributed by atoms with Gasteiger partial charge in [-0.3, -0.25) is 0 Å². The lowest BCUT2D eigenvalue weighted by molar-refractivity contribution is 0.178. The van der Waals surface area contributed by atoms with Gasteiger partial charge in [-0.1, -0.05) is 33.6 Å². The van der Waals surface area contributed by atoms with Crippen molar-refractivity contribution in [2.75, 3.05) is 7.11 Å². The molecule has 0 amide bonds. The Balaban J connectivity index is 2.21. The maximum atomic E-state index is 10.3. The predicted octanol–water partition coefficient (Wildman–Crippen LogP) is 5.15. The van der Waals surface area contributed by atoms with E-state index in [9.17, 15) is 5.11 Å². The predicted molar refractivity (Wildman–Crippen MR) is 88.5 cm³/mol. The molecule has 0 aliphatic carbocycles. The highest BCUT2D eigenvalue weighted by atomic mass is 79.9. The van der Waals surface area contributed by atoms with E-state index >= 15 is 0 Å². The third-order valence-corrected chi connectivity index (χ3v) is 4.42. The Kier molecular flexibility index (Phi) is 5.49. The number of rotatable bonds is 4. The van der Waals surface area contributed by atoms with E-state index in [-0.39, 0.29) is 0 Å². The van der Waals surface area contributed by atoms with E-state index in [0.717, 1.165) is 20.3 Å². The van der Waals surface area contributed by atoms with Gasteiger partial charge in [0.15, 0.2) is 0 Å². The van der Waals surface area contributed by atoms with Crippen LogP contribution in [0.3, 0.4) is 0 Å². The quantitative estimate of drug-likeness (QED) is 0.741. The zero-order chi connectivity index (χ0) is 14.7. The van der Waals surface area contributed by atoms with Crippen molar-refractivity contribution in [1.82, 2.24) is 0 Å². The maximum absolute atomic E-state index is 10.3. The van der Waals surface area contributed by atoms with E-state index in [1.165, 1.54) is 0 Å². The van der Waals surface area contributed by atoms with Gasteiger partial charge in [-0.05, 0) is 51.8 Å². The Labute approximate surface area is 140 Å². The minimum absolute atomic E-state index is 0.485. The Morgan fingerprint density at radius 2 is 1.95 bits per heavy atom. The second-order valence-corrected chi connectivity index (χ2v) is 6.53. The molecular formula is C15H13Br2ClO2. The SMILES string of the molecule is COc1ccc(CC(O)c2cc(Br)ccc2Cl)cc1Br. The first-order valence-corrected chi connectivity index (χ1v) is 7.93. The van der Waals surface area contributed by atoms with E-state index < -0.39 is 6.10 Å². The largest absolute Gasteiger partial charge is 0.496 e. The Bertz CT molecular complexity index is 617. The van der Waals surface area contributed by atoms with Crippen molar-refractivity contribution < 1.29 is 9.84 Å². The zero-order valence-electron chi connectivity index (χ0n) is 10.7. The summed E-state index contributed by atoms with van der Waals surface area (Å²) in [5, 5.41) is 10.9. The highest BCUT2D eigenvalue weighted by Gasteiger charge is 2.14. The molecule has 1 N–H and O–H groups in total. The zero-order valence-corrected chi connectivity index (χ0v) is 14.7. The molecule has 0 bridgehead atoms. The van der Waals surface area contributed by atoms with E-state index in [2.05, 4.69) is 31.9 Å². The van der Waals surface area contributed by atoms with Crippen LogP contribution in [0.25, 0.3) is 0 Å². The van der Waals surface area contributed by atoms with Gasteiger partial charge in [-0.15, -0.1) is 0 Å². The summed E-state index contributed by atoms with van der Waals surface area (Å²) in [5.41, 5.74) is 1.72. The summed E-state index contributed by atoms with van der Waals surface area (Å²) in [4.78, 5) is 0. The van der Waals surface area contributed by atoms with Crippen LogP contribution in [-0.4, -0.2) is 12.2 Å². The average molecular weight is 421 g/mol. The highest BCUT2D eigenvalue weighted by Crippen LogP contribution is 2.31. The van der Waals surface area contributed by atoms with Gasteiger partial charge in [0.05, 0.1) is 17.7 Å². The molecule has 0 heterocycles. The van der Waals surface area contributed by atoms with E-state index in [1.807, 2.05) is 30.3 Å². The molecule has 1 atom stereocenters. The molecule has 2 rings (SSSR count). The molecule has 2 aromatic carbocycles. The molecule has 20 heavy (non-hydrogen) atoms. The maximum Gasteiger partial charge on any atom is 0.133 e. The van der Waals surface area contributed by atoms with Gasteiger partial charge >= 0.3 is 0 Å². The lowest BCUT2D eigenvalue weighted by Crippen LogP contribution is -2.03. The molecule has 106 valence electrons. The van der Waals surface area contributed by atoms with Gasteiger partial charge < -0.3 is 9.84 Å². The van der Waals surface area contributed by atoms with Crippen molar-refractivity contribution in [3.63, 3.8) is 0 Å². The molecular weight excluding hydrogens is 407 g/mol. The van der Waals surface area contributed by atoms with Gasteiger partial charge in [0.2, 0.25) is 0 Å². The number of benzene rings is 2. The molecule has 5 heteroatoms. The van der Waals surface area contributed by atoms with Crippen molar-refractivity contribution in [2.24, 2.45) is 0 Å². The van der Waals surface area contributed by atoms with E-state index in [4.69, 9.17) is 16.3 Å². The molecule has 0 fully saturated rings. The summed E-state index contributed by atoms with van der Waals surface area (Å²) in [7, 11) is 1.62. The molecule has 0 aliphatic rings. The van der Waals surface area contributed by atoms with Crippen LogP contribution in [0.2, 0.25) is 5.02 Å². The summed E-state index contributed by atoms with van der Waals surface area (Å²) < 4.78 is 6.95. The summed E-state index contributed by atoms with van der Waals surface area (Å²) in [6.45, 7) is 0. The van der Waals surface area contributed by atoms with Gasteiger partial charge in [0, 0.05) is 21.5 Å². The van der Waals surface area contributed by atoms with Crippen LogP contribution >= 0.6 is 43.5 Å². The van der Waals surface area contributed by atoms with Crippen LogP contribution < -0.4 is 4.74 Å². The van der Waals surface area contributed by atoms with Gasteiger partial charge in [-0.2, -0.15) is 0 Å². The molecule has 0 aromatic heterocycles.